The molecule has 3 aliphatic rings. The van der Waals surface area contributed by atoms with Crippen LogP contribution in [0.15, 0.2) is 61.4 Å². The van der Waals surface area contributed by atoms with Gasteiger partial charge >= 0.3 is 0 Å². The van der Waals surface area contributed by atoms with Gasteiger partial charge in [-0.25, -0.2) is 14.4 Å². The van der Waals surface area contributed by atoms with E-state index in [1.54, 1.807) is 13.2 Å². The highest BCUT2D eigenvalue weighted by Crippen LogP contribution is 2.63. The van der Waals surface area contributed by atoms with Crippen LogP contribution in [0.2, 0.25) is 0 Å². The fourth-order valence-electron chi connectivity index (χ4n) is 6.13. The summed E-state index contributed by atoms with van der Waals surface area (Å²) in [6, 6.07) is 11.7. The first-order chi connectivity index (χ1) is 20.2. The maximum absolute atomic E-state index is 15.3. The van der Waals surface area contributed by atoms with Gasteiger partial charge in [0, 0.05) is 54.4 Å². The number of nitrogens with one attached hydrogen (secondary N) is 2. The summed E-state index contributed by atoms with van der Waals surface area (Å²) >= 11 is 0. The van der Waals surface area contributed by atoms with E-state index in [1.165, 1.54) is 31.5 Å². The smallest absolute Gasteiger partial charge is 0.247 e. The number of para-hydroxylation sites is 1. The van der Waals surface area contributed by atoms with Crippen LogP contribution in [-0.4, -0.2) is 66.7 Å². The summed E-state index contributed by atoms with van der Waals surface area (Å²) in [5, 5.41) is 7.05. The number of aromatic nitrogens is 3. The highest BCUT2D eigenvalue weighted by atomic mass is 19.1. The molecular formula is C32H36FN7O2. The number of rotatable bonds is 11. The highest BCUT2D eigenvalue weighted by Gasteiger charge is 2.58. The van der Waals surface area contributed by atoms with Gasteiger partial charge in [0.25, 0.3) is 0 Å². The third-order valence-corrected chi connectivity index (χ3v) is 8.53. The zero-order valence-electron chi connectivity index (χ0n) is 24.4. The number of anilines is 4. The Bertz CT molecular complexity index is 1660. The van der Waals surface area contributed by atoms with E-state index in [0.29, 0.717) is 17.1 Å². The van der Waals surface area contributed by atoms with Gasteiger partial charge < -0.3 is 29.7 Å². The maximum atomic E-state index is 15.3. The summed E-state index contributed by atoms with van der Waals surface area (Å²) in [4.78, 5) is 25.3. The summed E-state index contributed by atoms with van der Waals surface area (Å²) in [7, 11) is 7.54. The fourth-order valence-corrected chi connectivity index (χ4v) is 6.13. The topological polar surface area (TPSA) is 87.5 Å². The van der Waals surface area contributed by atoms with Gasteiger partial charge in [0.1, 0.15) is 11.4 Å². The van der Waals surface area contributed by atoms with E-state index in [1.807, 2.05) is 50.3 Å². The number of fused-ring (bicyclic) bond motifs is 1. The quantitative estimate of drug-likeness (QED) is 0.227. The molecule has 218 valence electrons. The molecule has 2 aromatic heterocycles. The SMILES string of the molecule is C=CC(=O)Nc1cc(Nc2ncc(F)c(-c3cn(C45CC(C4)C5)c4ccccc34)n2)c(OC)cc1N(C)CCN(C)C. The van der Waals surface area contributed by atoms with Gasteiger partial charge in [-0.15, -0.1) is 0 Å². The van der Waals surface area contributed by atoms with Crippen LogP contribution >= 0.6 is 0 Å². The average molecular weight is 570 g/mol. The summed E-state index contributed by atoms with van der Waals surface area (Å²) in [6.07, 6.45) is 7.99. The van der Waals surface area contributed by atoms with Gasteiger partial charge in [-0.05, 0) is 57.5 Å². The lowest BCUT2D eigenvalue weighted by Gasteiger charge is -2.62. The molecule has 0 atom stereocenters. The molecule has 4 aromatic rings. The lowest BCUT2D eigenvalue weighted by Crippen LogP contribution is -2.58. The summed E-state index contributed by atoms with van der Waals surface area (Å²) in [5.41, 5.74) is 4.07. The molecular weight excluding hydrogens is 533 g/mol. The molecule has 3 aliphatic carbocycles. The fraction of sp³-hybridized carbons (Fsp3) is 0.344. The van der Waals surface area contributed by atoms with E-state index >= 15 is 4.39 Å². The molecule has 0 aliphatic heterocycles. The predicted octanol–water partition coefficient (Wildman–Crippen LogP) is 5.62. The van der Waals surface area contributed by atoms with E-state index in [4.69, 9.17) is 4.74 Å². The monoisotopic (exact) mass is 569 g/mol. The second-order valence-corrected chi connectivity index (χ2v) is 11.6. The Morgan fingerprint density at radius 2 is 1.95 bits per heavy atom. The number of methoxy groups -OCH3 is 1. The molecule has 0 unspecified atom stereocenters. The zero-order valence-corrected chi connectivity index (χ0v) is 24.4. The third-order valence-electron chi connectivity index (χ3n) is 8.53. The minimum absolute atomic E-state index is 0.147. The van der Waals surface area contributed by atoms with Crippen LogP contribution in [-0.2, 0) is 10.3 Å². The van der Waals surface area contributed by atoms with Crippen LogP contribution in [0.4, 0.5) is 27.4 Å². The van der Waals surface area contributed by atoms with Crippen LogP contribution in [0.25, 0.3) is 22.2 Å². The molecule has 2 aromatic carbocycles. The van der Waals surface area contributed by atoms with Gasteiger partial charge in [-0.2, -0.15) is 0 Å². The molecule has 9 nitrogen and oxygen atoms in total. The van der Waals surface area contributed by atoms with Crippen LogP contribution in [0.3, 0.4) is 0 Å². The Hall–Kier alpha value is -4.44. The summed E-state index contributed by atoms with van der Waals surface area (Å²) in [6.45, 7) is 5.12. The first kappa shape index (κ1) is 27.7. The predicted molar refractivity (Wildman–Crippen MR) is 165 cm³/mol. The molecule has 2 heterocycles. The van der Waals surface area contributed by atoms with Crippen LogP contribution in [0, 0.1) is 11.7 Å². The van der Waals surface area contributed by atoms with E-state index in [0.717, 1.165) is 41.2 Å². The average Bonchev–Trinajstić information content (AvgIpc) is 3.30. The normalized spacial score (nSPS) is 18.8. The van der Waals surface area contributed by atoms with Crippen molar-refractivity contribution in [3.8, 4) is 17.0 Å². The largest absolute Gasteiger partial charge is 0.494 e. The van der Waals surface area contributed by atoms with Crippen molar-refractivity contribution in [2.24, 2.45) is 5.92 Å². The number of amides is 1. The molecule has 1 amide bonds. The zero-order chi connectivity index (χ0) is 29.6. The standard InChI is InChI=1S/C32H36FN7O2/c1-6-29(41)35-24-13-25(28(42-5)14-27(24)39(4)12-11-38(2)3)36-31-34-18-23(33)30(37-31)22-19-40(32-15-20(16-32)17-32)26-10-8-7-9-21(22)26/h6-10,13-14,18-20H,1,11-12,15-17H2,2-5H3,(H,35,41)(H,34,36,37). The summed E-state index contributed by atoms with van der Waals surface area (Å²) < 4.78 is 23.4. The minimum atomic E-state index is -0.496. The minimum Gasteiger partial charge on any atom is -0.494 e. The molecule has 3 fully saturated rings. The maximum Gasteiger partial charge on any atom is 0.247 e. The Morgan fingerprint density at radius 1 is 1.19 bits per heavy atom. The number of nitrogens with zero attached hydrogens (tertiary/aromatic N) is 5. The number of halogens is 1. The number of likely N-dealkylation sites (N-methyl/N-ethyl adjacent to an activating group) is 2. The summed E-state index contributed by atoms with van der Waals surface area (Å²) in [5.74, 6) is 0.713. The first-order valence-corrected chi connectivity index (χ1v) is 14.1. The van der Waals surface area contributed by atoms with E-state index in [-0.39, 0.29) is 23.1 Å². The van der Waals surface area contributed by atoms with Crippen molar-refractivity contribution >= 4 is 39.8 Å². The third kappa shape index (κ3) is 4.85. The van der Waals surface area contributed by atoms with E-state index < -0.39 is 5.82 Å². The van der Waals surface area contributed by atoms with Crippen molar-refractivity contribution in [3.05, 3.63) is 67.3 Å². The van der Waals surface area contributed by atoms with Gasteiger partial charge in [-0.3, -0.25) is 4.79 Å². The van der Waals surface area contributed by atoms with Gasteiger partial charge in [0.05, 0.1) is 30.4 Å². The number of ether oxygens (including phenoxy) is 1. The molecule has 0 radical (unpaired) electrons. The Labute approximate surface area is 245 Å². The molecule has 10 heteroatoms. The molecule has 2 N–H and O–H groups in total. The highest BCUT2D eigenvalue weighted by molar-refractivity contribution is 6.02. The Kier molecular flexibility index (Phi) is 7.10. The van der Waals surface area contributed by atoms with Gasteiger partial charge in [0.15, 0.2) is 5.82 Å². The van der Waals surface area contributed by atoms with Gasteiger partial charge in [0.2, 0.25) is 11.9 Å². The van der Waals surface area contributed by atoms with Gasteiger partial charge in [-0.1, -0.05) is 24.8 Å². The number of benzene rings is 2. The molecule has 0 spiro atoms. The van der Waals surface area contributed by atoms with Crippen molar-refractivity contribution in [1.29, 1.82) is 0 Å². The lowest BCUT2D eigenvalue weighted by atomic mass is 9.49. The van der Waals surface area contributed by atoms with Crippen molar-refractivity contribution in [1.82, 2.24) is 19.4 Å². The number of carbonyl (C=O) groups excluding carboxylic acids is 1. The molecule has 2 bridgehead atoms. The molecule has 3 saturated carbocycles. The van der Waals surface area contributed by atoms with Crippen molar-refractivity contribution in [3.63, 3.8) is 0 Å². The number of carbonyl (C=O) groups is 1. The van der Waals surface area contributed by atoms with Crippen molar-refractivity contribution in [2.75, 3.05) is 56.9 Å². The molecule has 42 heavy (non-hydrogen) atoms. The van der Waals surface area contributed by atoms with E-state index in [2.05, 4.69) is 48.9 Å². The second kappa shape index (κ2) is 10.8. The first-order valence-electron chi connectivity index (χ1n) is 14.1. The van der Waals surface area contributed by atoms with E-state index in [9.17, 15) is 4.79 Å². The molecule has 0 saturated heterocycles. The lowest BCUT2D eigenvalue weighted by molar-refractivity contribution is -0.111. The number of hydrogen-bond donors (Lipinski definition) is 2. The van der Waals surface area contributed by atoms with Crippen molar-refractivity contribution < 1.29 is 13.9 Å². The Balaban J connectivity index is 1.37. The Morgan fingerprint density at radius 3 is 2.62 bits per heavy atom. The van der Waals surface area contributed by atoms with Crippen LogP contribution < -0.4 is 20.3 Å². The number of hydrogen-bond acceptors (Lipinski definition) is 7. The van der Waals surface area contributed by atoms with Crippen LogP contribution in [0.1, 0.15) is 19.3 Å². The van der Waals surface area contributed by atoms with Crippen LogP contribution in [0.5, 0.6) is 5.75 Å². The molecule has 7 rings (SSSR count). The van der Waals surface area contributed by atoms with Crippen molar-refractivity contribution in [2.45, 2.75) is 24.8 Å². The second-order valence-electron chi connectivity index (χ2n) is 11.6.